The van der Waals surface area contributed by atoms with Gasteiger partial charge in [-0.1, -0.05) is 48.5 Å². The molecule has 2 N–H and O–H groups in total. The van der Waals surface area contributed by atoms with Crippen molar-refractivity contribution >= 4 is 18.0 Å². The predicted octanol–water partition coefficient (Wildman–Crippen LogP) is 3.87. The van der Waals surface area contributed by atoms with Gasteiger partial charge >= 0.3 is 12.1 Å². The Morgan fingerprint density at radius 1 is 1.06 bits per heavy atom. The SMILES string of the molecule is CC(C)(CNC(=O)OCC1c2ccccc2-c2ccccc21)C(=O)N1CC(C(=O)O)C2(CC2)C1. The molecule has 178 valence electrons. The minimum atomic E-state index is -0.866. The van der Waals surface area contributed by atoms with Crippen molar-refractivity contribution in [3.05, 3.63) is 59.7 Å². The number of fused-ring (bicyclic) bond motifs is 3. The average molecular weight is 463 g/mol. The number of carbonyl (C=O) groups is 3. The van der Waals surface area contributed by atoms with Gasteiger partial charge in [0.05, 0.1) is 11.3 Å². The smallest absolute Gasteiger partial charge is 0.407 e. The number of hydrogen-bond acceptors (Lipinski definition) is 4. The van der Waals surface area contributed by atoms with Crippen LogP contribution in [0.2, 0.25) is 0 Å². The summed E-state index contributed by atoms with van der Waals surface area (Å²) in [5.74, 6) is -1.49. The van der Waals surface area contributed by atoms with Crippen molar-refractivity contribution in [2.24, 2.45) is 16.7 Å². The summed E-state index contributed by atoms with van der Waals surface area (Å²) in [5, 5.41) is 12.3. The van der Waals surface area contributed by atoms with Gasteiger partial charge in [-0.05, 0) is 48.9 Å². The van der Waals surface area contributed by atoms with Crippen LogP contribution in [0, 0.1) is 16.7 Å². The van der Waals surface area contributed by atoms with Crippen molar-refractivity contribution in [3.8, 4) is 11.1 Å². The van der Waals surface area contributed by atoms with Gasteiger partial charge in [0, 0.05) is 31.0 Å². The largest absolute Gasteiger partial charge is 0.481 e. The summed E-state index contributed by atoms with van der Waals surface area (Å²) < 4.78 is 5.58. The van der Waals surface area contributed by atoms with Crippen molar-refractivity contribution in [2.75, 3.05) is 26.2 Å². The highest BCUT2D eigenvalue weighted by molar-refractivity contribution is 5.85. The molecule has 0 aromatic heterocycles. The fourth-order valence-corrected chi connectivity index (χ4v) is 5.58. The van der Waals surface area contributed by atoms with Gasteiger partial charge in [-0.25, -0.2) is 4.79 Å². The standard InChI is InChI=1S/C27H30N2O5/c1-26(2,24(32)29-13-22(23(30)31)27(16-29)11-12-27)15-28-25(33)34-14-21-19-9-5-3-7-17(19)18-8-4-6-10-20(18)21/h3-10,21-22H,11-16H2,1-2H3,(H,28,33)(H,30,31). The number of nitrogens with zero attached hydrogens (tertiary/aromatic N) is 1. The molecule has 2 fully saturated rings. The van der Waals surface area contributed by atoms with Gasteiger partial charge in [-0.3, -0.25) is 9.59 Å². The Balaban J connectivity index is 1.18. The van der Waals surface area contributed by atoms with Crippen LogP contribution in [-0.4, -0.2) is 54.2 Å². The lowest BCUT2D eigenvalue weighted by molar-refractivity contribution is -0.143. The monoisotopic (exact) mass is 462 g/mol. The van der Waals surface area contributed by atoms with Crippen LogP contribution in [0.25, 0.3) is 11.1 Å². The number of alkyl carbamates (subject to hydrolysis) is 1. The lowest BCUT2D eigenvalue weighted by atomic mass is 9.91. The number of aliphatic carboxylic acids is 1. The van der Waals surface area contributed by atoms with E-state index in [1.165, 1.54) is 0 Å². The summed E-state index contributed by atoms with van der Waals surface area (Å²) in [7, 11) is 0. The van der Waals surface area contributed by atoms with E-state index in [0.717, 1.165) is 35.1 Å². The molecule has 1 heterocycles. The molecule has 1 unspecified atom stereocenters. The second-order valence-corrected chi connectivity index (χ2v) is 10.5. The number of likely N-dealkylation sites (tertiary alicyclic amines) is 1. The van der Waals surface area contributed by atoms with Gasteiger partial charge in [-0.15, -0.1) is 0 Å². The highest BCUT2D eigenvalue weighted by atomic mass is 16.5. The quantitative estimate of drug-likeness (QED) is 0.679. The summed E-state index contributed by atoms with van der Waals surface area (Å²) in [6.07, 6.45) is 1.14. The van der Waals surface area contributed by atoms with Crippen LogP contribution in [-0.2, 0) is 14.3 Å². The fraction of sp³-hybridized carbons (Fsp3) is 0.444. The lowest BCUT2D eigenvalue weighted by Gasteiger charge is -2.29. The van der Waals surface area contributed by atoms with E-state index in [9.17, 15) is 19.5 Å². The van der Waals surface area contributed by atoms with E-state index in [2.05, 4.69) is 29.6 Å². The Labute approximate surface area is 199 Å². The molecular weight excluding hydrogens is 432 g/mol. The van der Waals surface area contributed by atoms with Crippen LogP contribution < -0.4 is 5.32 Å². The third kappa shape index (κ3) is 3.83. The van der Waals surface area contributed by atoms with Gasteiger partial charge in [0.15, 0.2) is 0 Å². The zero-order valence-corrected chi connectivity index (χ0v) is 19.5. The molecule has 3 aliphatic rings. The van der Waals surface area contributed by atoms with E-state index in [1.54, 1.807) is 18.7 Å². The molecule has 2 aromatic rings. The molecule has 7 heteroatoms. The molecule has 1 spiro atoms. The second kappa shape index (κ2) is 8.15. The number of carboxylic acid groups (broad SMARTS) is 1. The minimum Gasteiger partial charge on any atom is -0.481 e. The number of rotatable bonds is 6. The molecule has 34 heavy (non-hydrogen) atoms. The molecule has 0 bridgehead atoms. The Hall–Kier alpha value is -3.35. The first-order valence-electron chi connectivity index (χ1n) is 11.8. The second-order valence-electron chi connectivity index (χ2n) is 10.5. The van der Waals surface area contributed by atoms with Crippen LogP contribution in [0.15, 0.2) is 48.5 Å². The molecule has 1 saturated heterocycles. The summed E-state index contributed by atoms with van der Waals surface area (Å²) >= 11 is 0. The first kappa shape index (κ1) is 22.4. The van der Waals surface area contributed by atoms with Crippen molar-refractivity contribution in [1.29, 1.82) is 0 Å². The summed E-state index contributed by atoms with van der Waals surface area (Å²) in [4.78, 5) is 38.9. The summed E-state index contributed by atoms with van der Waals surface area (Å²) in [6, 6.07) is 16.3. The van der Waals surface area contributed by atoms with Crippen LogP contribution in [0.4, 0.5) is 4.79 Å². The van der Waals surface area contributed by atoms with Gasteiger partial charge in [0.25, 0.3) is 0 Å². The molecule has 2 amide bonds. The number of nitrogens with one attached hydrogen (secondary N) is 1. The van der Waals surface area contributed by atoms with Gasteiger partial charge in [-0.2, -0.15) is 0 Å². The van der Waals surface area contributed by atoms with Gasteiger partial charge in [0.1, 0.15) is 6.61 Å². The van der Waals surface area contributed by atoms with Crippen LogP contribution in [0.5, 0.6) is 0 Å². The first-order chi connectivity index (χ1) is 16.2. The number of benzene rings is 2. The molecule has 5 rings (SSSR count). The van der Waals surface area contributed by atoms with Crippen molar-refractivity contribution in [1.82, 2.24) is 10.2 Å². The average Bonchev–Trinajstić information content (AvgIpc) is 3.38. The van der Waals surface area contributed by atoms with E-state index < -0.39 is 23.4 Å². The Morgan fingerprint density at radius 2 is 1.65 bits per heavy atom. The molecule has 7 nitrogen and oxygen atoms in total. The minimum absolute atomic E-state index is 0.0277. The van der Waals surface area contributed by atoms with E-state index >= 15 is 0 Å². The lowest BCUT2D eigenvalue weighted by Crippen LogP contribution is -2.46. The normalized spacial score (nSPS) is 20.1. The van der Waals surface area contributed by atoms with Gasteiger partial charge in [0.2, 0.25) is 5.91 Å². The predicted molar refractivity (Wildman–Crippen MR) is 126 cm³/mol. The fourth-order valence-electron chi connectivity index (χ4n) is 5.58. The van der Waals surface area contributed by atoms with Crippen molar-refractivity contribution in [3.63, 3.8) is 0 Å². The maximum Gasteiger partial charge on any atom is 0.407 e. The van der Waals surface area contributed by atoms with Gasteiger partial charge < -0.3 is 20.1 Å². The topological polar surface area (TPSA) is 95.9 Å². The van der Waals surface area contributed by atoms with Crippen LogP contribution in [0.3, 0.4) is 0 Å². The first-order valence-corrected chi connectivity index (χ1v) is 11.8. The number of ether oxygens (including phenoxy) is 1. The highest BCUT2D eigenvalue weighted by Crippen LogP contribution is 2.56. The molecule has 1 aliphatic heterocycles. The summed E-state index contributed by atoms with van der Waals surface area (Å²) in [6.45, 7) is 4.59. The van der Waals surface area contributed by atoms with Crippen LogP contribution in [0.1, 0.15) is 43.7 Å². The molecule has 1 saturated carbocycles. The number of carboxylic acids is 1. The molecule has 2 aliphatic carbocycles. The van der Waals surface area contributed by atoms with Crippen LogP contribution >= 0.6 is 0 Å². The van der Waals surface area contributed by atoms with E-state index in [1.807, 2.05) is 24.3 Å². The molecule has 0 radical (unpaired) electrons. The zero-order chi connectivity index (χ0) is 24.1. The third-order valence-corrected chi connectivity index (χ3v) is 7.72. The maximum absolute atomic E-state index is 13.1. The number of carbonyl (C=O) groups excluding carboxylic acids is 2. The van der Waals surface area contributed by atoms with E-state index in [-0.39, 0.29) is 36.9 Å². The highest BCUT2D eigenvalue weighted by Gasteiger charge is 2.59. The molecule has 2 aromatic carbocycles. The van der Waals surface area contributed by atoms with Crippen molar-refractivity contribution < 1.29 is 24.2 Å². The third-order valence-electron chi connectivity index (χ3n) is 7.72. The number of hydrogen-bond donors (Lipinski definition) is 2. The Morgan fingerprint density at radius 3 is 2.18 bits per heavy atom. The number of amides is 2. The van der Waals surface area contributed by atoms with E-state index in [4.69, 9.17) is 4.74 Å². The summed E-state index contributed by atoms with van der Waals surface area (Å²) in [5.41, 5.74) is 3.49. The van der Waals surface area contributed by atoms with Crippen molar-refractivity contribution in [2.45, 2.75) is 32.6 Å². The molecule has 1 atom stereocenters. The molecular formula is C27H30N2O5. The van der Waals surface area contributed by atoms with E-state index in [0.29, 0.717) is 6.54 Å². The Kier molecular flexibility index (Phi) is 5.38. The zero-order valence-electron chi connectivity index (χ0n) is 19.5. The maximum atomic E-state index is 13.1. The Bertz CT molecular complexity index is 1110.